The maximum Gasteiger partial charge on any atom is 0.336 e. The van der Waals surface area contributed by atoms with Crippen LogP contribution in [0, 0.1) is 0 Å². The molecular weight excluding hydrogens is 548 g/mol. The zero-order valence-corrected chi connectivity index (χ0v) is 23.5. The van der Waals surface area contributed by atoms with Crippen LogP contribution in [0.2, 0.25) is 5.02 Å². The Labute approximate surface area is 233 Å². The first kappa shape index (κ1) is 30.6. The minimum atomic E-state index is -4.35. The van der Waals surface area contributed by atoms with Gasteiger partial charge in [0.15, 0.2) is 0 Å². The van der Waals surface area contributed by atoms with Crippen molar-refractivity contribution in [2.45, 2.75) is 44.8 Å². The van der Waals surface area contributed by atoms with Gasteiger partial charge in [-0.15, -0.1) is 0 Å². The number of carbonyl (C=O) groups is 2. The number of hydrogen-bond acceptors (Lipinski definition) is 8. The van der Waals surface area contributed by atoms with Gasteiger partial charge in [0.25, 0.3) is 0 Å². The van der Waals surface area contributed by atoms with E-state index in [1.165, 1.54) is 0 Å². The Morgan fingerprint density at radius 1 is 1.15 bits per heavy atom. The summed E-state index contributed by atoms with van der Waals surface area (Å²) in [4.78, 5) is 28.2. The number of esters is 1. The Morgan fingerprint density at radius 2 is 1.85 bits per heavy atom. The third-order valence-corrected chi connectivity index (χ3v) is 7.54. The summed E-state index contributed by atoms with van der Waals surface area (Å²) in [6.45, 7) is 2.56. The van der Waals surface area contributed by atoms with Gasteiger partial charge in [0, 0.05) is 29.7 Å². The average Bonchev–Trinajstić information content (AvgIpc) is 3.39. The summed E-state index contributed by atoms with van der Waals surface area (Å²) in [6.07, 6.45) is 1.87. The predicted molar refractivity (Wildman–Crippen MR) is 144 cm³/mol. The maximum atomic E-state index is 13.4. The van der Waals surface area contributed by atoms with Gasteiger partial charge in [-0.2, -0.15) is 0 Å². The van der Waals surface area contributed by atoms with Crippen LogP contribution >= 0.6 is 11.6 Å². The molecule has 12 heteroatoms. The van der Waals surface area contributed by atoms with Crippen molar-refractivity contribution in [2.24, 2.45) is 0 Å². The van der Waals surface area contributed by atoms with Crippen LogP contribution in [0.15, 0.2) is 59.8 Å². The zero-order chi connectivity index (χ0) is 27.3. The first-order valence-electron chi connectivity index (χ1n) is 12.3. The van der Waals surface area contributed by atoms with Gasteiger partial charge in [-0.3, -0.25) is 4.79 Å². The molecule has 2 aromatic rings. The van der Waals surface area contributed by atoms with Gasteiger partial charge in [0.05, 0.1) is 34.1 Å². The van der Waals surface area contributed by atoms with E-state index in [9.17, 15) is 22.6 Å². The van der Waals surface area contributed by atoms with Crippen LogP contribution in [0.3, 0.4) is 0 Å². The van der Waals surface area contributed by atoms with E-state index < -0.39 is 27.8 Å². The van der Waals surface area contributed by atoms with Crippen LogP contribution in [-0.4, -0.2) is 61.4 Å². The first-order chi connectivity index (χ1) is 18.1. The van der Waals surface area contributed by atoms with Gasteiger partial charge in [0.2, 0.25) is 5.91 Å². The topological polar surface area (TPSA) is 159 Å². The van der Waals surface area contributed by atoms with Crippen molar-refractivity contribution in [3.8, 4) is 5.75 Å². The number of halogens is 1. The molecule has 4 N–H and O–H groups in total. The number of ether oxygens (including phenoxy) is 3. The van der Waals surface area contributed by atoms with Crippen LogP contribution < -0.4 is 10.9 Å². The molecule has 0 radical (unpaired) electrons. The molecule has 0 spiro atoms. The molecule has 1 amide bonds. The highest BCUT2D eigenvalue weighted by Crippen LogP contribution is 2.38. The lowest BCUT2D eigenvalue weighted by atomic mass is 9.83. The number of allylic oxidation sites excluding steroid dienone is 1. The fraction of sp³-hybridized carbons (Fsp3) is 0.407. The molecule has 2 heterocycles. The van der Waals surface area contributed by atoms with Gasteiger partial charge in [-0.1, -0.05) is 35.9 Å². The summed E-state index contributed by atoms with van der Waals surface area (Å²) >= 11 is 6.06. The quantitative estimate of drug-likeness (QED) is 0.324. The number of carbonyl (C=O) groups excluding carboxylic acids is 2. The number of quaternary nitrogens is 1. The Bertz CT molecular complexity index is 1290. The molecule has 39 heavy (non-hydrogen) atoms. The molecule has 0 aromatic heterocycles. The van der Waals surface area contributed by atoms with E-state index in [0.717, 1.165) is 18.4 Å². The highest BCUT2D eigenvalue weighted by atomic mass is 35.5. The molecule has 4 rings (SSSR count). The van der Waals surface area contributed by atoms with Crippen LogP contribution in [-0.2, 0) is 35.8 Å². The Hall–Kier alpha value is -2.96. The Morgan fingerprint density at radius 3 is 2.46 bits per heavy atom. The molecule has 2 atom stereocenters. The van der Waals surface area contributed by atoms with Gasteiger partial charge in [-0.05, 0) is 55.2 Å². The van der Waals surface area contributed by atoms with E-state index in [1.54, 1.807) is 48.2 Å². The SMILES string of the molecule is CC1=C(C(=O)OCc2ccc(OCCS(=O)(=O)[O-])cc2)[C@@H](c2ccc(Cl)cc2)CC(=O)N1C[C@@H]1CCCO1.[NH4+]. The fourth-order valence-corrected chi connectivity index (χ4v) is 5.06. The predicted octanol–water partition coefficient (Wildman–Crippen LogP) is 4.15. The smallest absolute Gasteiger partial charge is 0.336 e. The second kappa shape index (κ2) is 13.4. The number of hydrogen-bond donors (Lipinski definition) is 1. The van der Waals surface area contributed by atoms with Crippen LogP contribution in [0.25, 0.3) is 0 Å². The molecule has 212 valence electrons. The lowest BCUT2D eigenvalue weighted by Crippen LogP contribution is -2.42. The highest BCUT2D eigenvalue weighted by molar-refractivity contribution is 7.85. The lowest BCUT2D eigenvalue weighted by molar-refractivity contribution is -0.141. The molecule has 2 aromatic carbocycles. The van der Waals surface area contributed by atoms with Crippen molar-refractivity contribution >= 4 is 33.6 Å². The van der Waals surface area contributed by atoms with Crippen molar-refractivity contribution in [3.05, 3.63) is 76.0 Å². The average molecular weight is 581 g/mol. The molecule has 0 bridgehead atoms. The fourth-order valence-electron chi connectivity index (χ4n) is 4.64. The van der Waals surface area contributed by atoms with Gasteiger partial charge >= 0.3 is 5.97 Å². The van der Waals surface area contributed by atoms with Gasteiger partial charge in [0.1, 0.15) is 19.0 Å². The number of rotatable bonds is 10. The minimum absolute atomic E-state index is 0. The standard InChI is InChI=1S/C27H30ClNO8S.H3N/c1-18-26(27(31)37-17-19-4-10-22(11-5-19)36-13-14-38(32,33)34)24(20-6-8-21(28)9-7-20)15-25(30)29(18)16-23-3-2-12-35-23;/h4-11,23-24H,2-3,12-17H2,1H3,(H,32,33,34);1H3/t23-,24+;/m0./s1. The monoisotopic (exact) mass is 580 g/mol. The van der Waals surface area contributed by atoms with Gasteiger partial charge < -0.3 is 29.8 Å². The molecular formula is C27H33ClN2O8S. The van der Waals surface area contributed by atoms with E-state index in [1.807, 2.05) is 12.1 Å². The van der Waals surface area contributed by atoms with E-state index in [4.69, 9.17) is 25.8 Å². The molecule has 0 saturated carbocycles. The summed E-state index contributed by atoms with van der Waals surface area (Å²) in [5.74, 6) is -1.30. The third-order valence-electron chi connectivity index (χ3n) is 6.62. The van der Waals surface area contributed by atoms with Crippen LogP contribution in [0.5, 0.6) is 5.75 Å². The van der Waals surface area contributed by atoms with Crippen molar-refractivity contribution in [1.82, 2.24) is 11.1 Å². The third kappa shape index (κ3) is 8.26. The number of benzene rings is 2. The van der Waals surface area contributed by atoms with E-state index >= 15 is 0 Å². The Balaban J connectivity index is 0.00000420. The maximum absolute atomic E-state index is 13.4. The van der Waals surface area contributed by atoms with Crippen molar-refractivity contribution in [2.75, 3.05) is 25.5 Å². The van der Waals surface area contributed by atoms with Crippen molar-refractivity contribution < 1.29 is 36.8 Å². The summed E-state index contributed by atoms with van der Waals surface area (Å²) in [5, 5.41) is 0.558. The number of nitrogens with zero attached hydrogens (tertiary/aromatic N) is 1. The van der Waals surface area contributed by atoms with Crippen molar-refractivity contribution in [1.29, 1.82) is 0 Å². The lowest BCUT2D eigenvalue weighted by Gasteiger charge is -2.35. The second-order valence-electron chi connectivity index (χ2n) is 9.28. The zero-order valence-electron chi connectivity index (χ0n) is 21.9. The van der Waals surface area contributed by atoms with E-state index in [-0.39, 0.29) is 37.8 Å². The molecule has 0 unspecified atom stereocenters. The first-order valence-corrected chi connectivity index (χ1v) is 14.3. The van der Waals surface area contributed by atoms with Crippen molar-refractivity contribution in [3.63, 3.8) is 0 Å². The van der Waals surface area contributed by atoms with Gasteiger partial charge in [-0.25, -0.2) is 13.2 Å². The Kier molecular flexibility index (Phi) is 10.5. The summed E-state index contributed by atoms with van der Waals surface area (Å²) < 4.78 is 48.8. The molecule has 1 fully saturated rings. The number of amides is 1. The second-order valence-corrected chi connectivity index (χ2v) is 11.2. The van der Waals surface area contributed by atoms with E-state index in [0.29, 0.717) is 40.8 Å². The largest absolute Gasteiger partial charge is 0.748 e. The van der Waals surface area contributed by atoms with Crippen LogP contribution in [0.1, 0.15) is 43.2 Å². The minimum Gasteiger partial charge on any atom is -0.748 e. The summed E-state index contributed by atoms with van der Waals surface area (Å²) in [7, 11) is -4.35. The molecule has 10 nitrogen and oxygen atoms in total. The molecule has 2 aliphatic heterocycles. The van der Waals surface area contributed by atoms with E-state index in [2.05, 4.69) is 0 Å². The normalized spacial score (nSPS) is 19.6. The molecule has 0 aliphatic carbocycles. The molecule has 2 aliphatic rings. The highest BCUT2D eigenvalue weighted by Gasteiger charge is 2.38. The summed E-state index contributed by atoms with van der Waals surface area (Å²) in [5.41, 5.74) is 2.46. The van der Waals surface area contributed by atoms with Crippen LogP contribution in [0.4, 0.5) is 0 Å². The summed E-state index contributed by atoms with van der Waals surface area (Å²) in [6, 6.07) is 13.7. The molecule has 1 saturated heterocycles.